The van der Waals surface area contributed by atoms with Crippen molar-refractivity contribution < 1.29 is 9.26 Å². The minimum absolute atomic E-state index is 0.229. The molecule has 0 aliphatic heterocycles. The summed E-state index contributed by atoms with van der Waals surface area (Å²) >= 11 is 3.34. The van der Waals surface area contributed by atoms with E-state index in [9.17, 15) is 0 Å². The molecule has 0 N–H and O–H groups in total. The number of halogens is 1. The third-order valence-electron chi connectivity index (χ3n) is 2.88. The number of hydrogen-bond donors (Lipinski definition) is 0. The van der Waals surface area contributed by atoms with Crippen LogP contribution in [0.1, 0.15) is 31.0 Å². The summed E-state index contributed by atoms with van der Waals surface area (Å²) in [6, 6.07) is 7.87. The molecule has 2 rings (SSSR count). The Bertz CT molecular complexity index is 641. The normalized spacial score (nSPS) is 10.5. The number of methoxy groups -OCH3 is 1. The van der Waals surface area contributed by atoms with Crippen LogP contribution in [0.25, 0.3) is 11.3 Å². The third kappa shape index (κ3) is 2.49. The van der Waals surface area contributed by atoms with Gasteiger partial charge in [0.05, 0.1) is 12.7 Å². The Kier molecular flexibility index (Phi) is 3.91. The van der Waals surface area contributed by atoms with Crippen molar-refractivity contribution in [2.45, 2.75) is 19.8 Å². The molecule has 0 saturated heterocycles. The van der Waals surface area contributed by atoms with E-state index < -0.39 is 0 Å². The van der Waals surface area contributed by atoms with E-state index in [2.05, 4.69) is 34.9 Å². The van der Waals surface area contributed by atoms with Gasteiger partial charge in [-0.1, -0.05) is 25.1 Å². The van der Waals surface area contributed by atoms with Gasteiger partial charge in [-0.05, 0) is 39.5 Å². The Hall–Kier alpha value is -1.80. The van der Waals surface area contributed by atoms with Crippen molar-refractivity contribution >= 4 is 15.9 Å². The van der Waals surface area contributed by atoms with Gasteiger partial charge < -0.3 is 9.26 Å². The van der Waals surface area contributed by atoms with Crippen molar-refractivity contribution in [2.75, 3.05) is 7.11 Å². The van der Waals surface area contributed by atoms with Crippen molar-refractivity contribution in [3.63, 3.8) is 0 Å². The second-order valence-electron chi connectivity index (χ2n) is 4.40. The summed E-state index contributed by atoms with van der Waals surface area (Å²) in [5, 5.41) is 12.6. The molecule has 0 radical (unpaired) electrons. The lowest BCUT2D eigenvalue weighted by Gasteiger charge is -2.11. The van der Waals surface area contributed by atoms with E-state index in [-0.39, 0.29) is 5.69 Å². The van der Waals surface area contributed by atoms with Crippen LogP contribution in [-0.4, -0.2) is 12.3 Å². The monoisotopic (exact) mass is 320 g/mol. The van der Waals surface area contributed by atoms with Crippen LogP contribution in [0.4, 0.5) is 0 Å². The quantitative estimate of drug-likeness (QED) is 0.853. The van der Waals surface area contributed by atoms with Crippen molar-refractivity contribution in [2.24, 2.45) is 0 Å². The summed E-state index contributed by atoms with van der Waals surface area (Å²) < 4.78 is 11.1. The Morgan fingerprint density at radius 1 is 1.42 bits per heavy atom. The fraction of sp³-hybridized carbons (Fsp3) is 0.286. The lowest BCUT2D eigenvalue weighted by atomic mass is 9.99. The summed E-state index contributed by atoms with van der Waals surface area (Å²) in [6.45, 7) is 4.23. The number of ether oxygens (including phenoxy) is 1. The lowest BCUT2D eigenvalue weighted by molar-refractivity contribution is 0.405. The van der Waals surface area contributed by atoms with Crippen LogP contribution in [0.15, 0.2) is 27.2 Å². The van der Waals surface area contributed by atoms with E-state index in [4.69, 9.17) is 14.5 Å². The van der Waals surface area contributed by atoms with Gasteiger partial charge in [-0.2, -0.15) is 5.26 Å². The zero-order valence-electron chi connectivity index (χ0n) is 10.9. The number of aromatic nitrogens is 1. The number of rotatable bonds is 3. The second-order valence-corrected chi connectivity index (χ2v) is 5.19. The summed E-state index contributed by atoms with van der Waals surface area (Å²) in [5.41, 5.74) is 2.18. The first kappa shape index (κ1) is 13.6. The van der Waals surface area contributed by atoms with Gasteiger partial charge in [0.1, 0.15) is 16.3 Å². The average Bonchev–Trinajstić information content (AvgIpc) is 2.78. The van der Waals surface area contributed by atoms with E-state index in [1.807, 2.05) is 24.3 Å². The number of nitriles is 1. The first-order chi connectivity index (χ1) is 9.08. The average molecular weight is 321 g/mol. The van der Waals surface area contributed by atoms with Crippen molar-refractivity contribution in [1.29, 1.82) is 5.26 Å². The highest BCUT2D eigenvalue weighted by atomic mass is 79.9. The zero-order valence-corrected chi connectivity index (χ0v) is 12.5. The predicted octanol–water partition coefficient (Wildman–Crippen LogP) is 4.11. The molecular weight excluding hydrogens is 308 g/mol. The van der Waals surface area contributed by atoms with Crippen LogP contribution in [0.2, 0.25) is 0 Å². The fourth-order valence-electron chi connectivity index (χ4n) is 1.78. The van der Waals surface area contributed by atoms with Crippen LogP contribution in [-0.2, 0) is 0 Å². The van der Waals surface area contributed by atoms with Crippen molar-refractivity contribution in [1.82, 2.24) is 5.16 Å². The van der Waals surface area contributed by atoms with Crippen molar-refractivity contribution in [3.05, 3.63) is 33.9 Å². The molecule has 0 fully saturated rings. The molecule has 1 aromatic carbocycles. The van der Waals surface area contributed by atoms with Crippen LogP contribution in [0, 0.1) is 11.3 Å². The molecule has 0 spiro atoms. The van der Waals surface area contributed by atoms with E-state index in [0.717, 1.165) is 11.1 Å². The van der Waals surface area contributed by atoms with E-state index >= 15 is 0 Å². The molecule has 0 aliphatic rings. The van der Waals surface area contributed by atoms with Crippen molar-refractivity contribution in [3.8, 4) is 23.1 Å². The Morgan fingerprint density at radius 2 is 2.16 bits per heavy atom. The third-order valence-corrected chi connectivity index (χ3v) is 3.61. The SMILES string of the molecule is COc1ccc(C(C)C)cc1-c1onc(C#N)c1Br. The highest BCUT2D eigenvalue weighted by Crippen LogP contribution is 2.38. The topological polar surface area (TPSA) is 59.1 Å². The van der Waals surface area contributed by atoms with Crippen LogP contribution in [0.3, 0.4) is 0 Å². The van der Waals surface area contributed by atoms with Gasteiger partial charge in [0, 0.05) is 0 Å². The molecule has 19 heavy (non-hydrogen) atoms. The van der Waals surface area contributed by atoms with E-state index in [1.54, 1.807) is 7.11 Å². The van der Waals surface area contributed by atoms with Gasteiger partial charge in [-0.25, -0.2) is 0 Å². The molecule has 0 aliphatic carbocycles. The van der Waals surface area contributed by atoms with E-state index in [1.165, 1.54) is 0 Å². The van der Waals surface area contributed by atoms with Gasteiger partial charge >= 0.3 is 0 Å². The molecule has 0 atom stereocenters. The number of nitrogens with zero attached hydrogens (tertiary/aromatic N) is 2. The standard InChI is InChI=1S/C14H13BrN2O2/c1-8(2)9-4-5-12(18-3)10(6-9)14-13(15)11(7-16)17-19-14/h4-6,8H,1-3H3. The molecule has 0 bridgehead atoms. The van der Waals surface area contributed by atoms with Gasteiger partial charge in [0.2, 0.25) is 0 Å². The molecule has 0 amide bonds. The number of benzene rings is 1. The maximum atomic E-state index is 8.91. The molecule has 1 heterocycles. The molecule has 0 saturated carbocycles. The van der Waals surface area contributed by atoms with Gasteiger partial charge in [-0.15, -0.1) is 0 Å². The first-order valence-electron chi connectivity index (χ1n) is 5.82. The maximum Gasteiger partial charge on any atom is 0.198 e. The van der Waals surface area contributed by atoms with Gasteiger partial charge in [-0.3, -0.25) is 0 Å². The molecule has 2 aromatic rings. The molecule has 1 aromatic heterocycles. The largest absolute Gasteiger partial charge is 0.496 e. The minimum Gasteiger partial charge on any atom is -0.496 e. The molecular formula is C14H13BrN2O2. The van der Waals surface area contributed by atoms with E-state index in [0.29, 0.717) is 21.9 Å². The van der Waals surface area contributed by atoms with Gasteiger partial charge in [0.15, 0.2) is 11.5 Å². The minimum atomic E-state index is 0.229. The Morgan fingerprint density at radius 3 is 2.68 bits per heavy atom. The second kappa shape index (κ2) is 5.45. The number of hydrogen-bond acceptors (Lipinski definition) is 4. The van der Waals surface area contributed by atoms with Crippen LogP contribution < -0.4 is 4.74 Å². The highest BCUT2D eigenvalue weighted by molar-refractivity contribution is 9.10. The predicted molar refractivity (Wildman–Crippen MR) is 75.0 cm³/mol. The zero-order chi connectivity index (χ0) is 14.0. The Balaban J connectivity index is 2.62. The summed E-state index contributed by atoms with van der Waals surface area (Å²) in [7, 11) is 1.60. The molecule has 4 nitrogen and oxygen atoms in total. The van der Waals surface area contributed by atoms with Crippen LogP contribution in [0.5, 0.6) is 5.75 Å². The summed E-state index contributed by atoms with van der Waals surface area (Å²) in [6.07, 6.45) is 0. The summed E-state index contributed by atoms with van der Waals surface area (Å²) in [4.78, 5) is 0. The van der Waals surface area contributed by atoms with Gasteiger partial charge in [0.25, 0.3) is 0 Å². The molecule has 0 unspecified atom stereocenters. The lowest BCUT2D eigenvalue weighted by Crippen LogP contribution is -1.92. The first-order valence-corrected chi connectivity index (χ1v) is 6.61. The Labute approximate surface area is 120 Å². The fourth-order valence-corrected chi connectivity index (χ4v) is 2.23. The molecule has 5 heteroatoms. The van der Waals surface area contributed by atoms with Crippen LogP contribution >= 0.6 is 15.9 Å². The highest BCUT2D eigenvalue weighted by Gasteiger charge is 2.19. The maximum absolute atomic E-state index is 8.91. The summed E-state index contributed by atoms with van der Waals surface area (Å²) in [5.74, 6) is 1.59. The smallest absolute Gasteiger partial charge is 0.198 e. The molecule has 98 valence electrons.